The summed E-state index contributed by atoms with van der Waals surface area (Å²) in [5.41, 5.74) is 8.95. The first-order chi connectivity index (χ1) is 9.58. The van der Waals surface area contributed by atoms with Gasteiger partial charge in [0.25, 0.3) is 5.91 Å². The van der Waals surface area contributed by atoms with Gasteiger partial charge in [-0.2, -0.15) is 5.10 Å². The zero-order valence-corrected chi connectivity index (χ0v) is 12.9. The zero-order valence-electron chi connectivity index (χ0n) is 12.1. The molecule has 0 unspecified atom stereocenters. The molecule has 0 radical (unpaired) electrons. The van der Waals surface area contributed by atoms with E-state index in [1.54, 1.807) is 23.1 Å². The Hall–Kier alpha value is -1.82. The summed E-state index contributed by atoms with van der Waals surface area (Å²) >= 11 is 1.66. The van der Waals surface area contributed by atoms with Crippen molar-refractivity contribution in [3.05, 3.63) is 33.3 Å². The molecule has 2 rings (SSSR count). The van der Waals surface area contributed by atoms with Crippen LogP contribution in [0.15, 0.2) is 11.4 Å². The molecular formula is C14H20N4OS. The maximum Gasteiger partial charge on any atom is 0.271 e. The number of nitrogen functional groups attached to an aromatic ring is 1. The first-order valence-electron chi connectivity index (χ1n) is 6.73. The van der Waals surface area contributed by atoms with Crippen molar-refractivity contribution < 1.29 is 4.79 Å². The van der Waals surface area contributed by atoms with Crippen molar-refractivity contribution in [2.24, 2.45) is 7.05 Å². The third-order valence-electron chi connectivity index (χ3n) is 3.34. The van der Waals surface area contributed by atoms with Gasteiger partial charge in [-0.05, 0) is 29.9 Å². The molecule has 0 aromatic carbocycles. The molecule has 1 amide bonds. The monoisotopic (exact) mass is 292 g/mol. The SMILES string of the molecule is CCc1ccsc1CNC(=O)c1c(N)c(CC)nn1C. The Bertz CT molecular complexity index is 615. The Kier molecular flexibility index (Phi) is 4.44. The molecule has 0 aliphatic rings. The largest absolute Gasteiger partial charge is 0.395 e. The van der Waals surface area contributed by atoms with Gasteiger partial charge < -0.3 is 11.1 Å². The van der Waals surface area contributed by atoms with Crippen molar-refractivity contribution in [1.82, 2.24) is 15.1 Å². The molecule has 20 heavy (non-hydrogen) atoms. The number of hydrogen-bond donors (Lipinski definition) is 2. The zero-order chi connectivity index (χ0) is 14.7. The molecule has 0 aliphatic heterocycles. The molecule has 0 bridgehead atoms. The molecule has 108 valence electrons. The number of aromatic nitrogens is 2. The molecule has 0 spiro atoms. The second kappa shape index (κ2) is 6.09. The summed E-state index contributed by atoms with van der Waals surface area (Å²) in [6.07, 6.45) is 1.69. The highest BCUT2D eigenvalue weighted by Gasteiger charge is 2.19. The number of rotatable bonds is 5. The maximum atomic E-state index is 12.3. The van der Waals surface area contributed by atoms with Gasteiger partial charge in [0, 0.05) is 11.9 Å². The van der Waals surface area contributed by atoms with E-state index in [1.807, 2.05) is 12.3 Å². The molecule has 0 fully saturated rings. The molecule has 0 saturated heterocycles. The van der Waals surface area contributed by atoms with E-state index in [4.69, 9.17) is 5.73 Å². The molecule has 0 atom stereocenters. The molecular weight excluding hydrogens is 272 g/mol. The molecule has 5 nitrogen and oxygen atoms in total. The number of nitrogens with two attached hydrogens (primary N) is 1. The highest BCUT2D eigenvalue weighted by Crippen LogP contribution is 2.19. The van der Waals surface area contributed by atoms with Gasteiger partial charge >= 0.3 is 0 Å². The van der Waals surface area contributed by atoms with Gasteiger partial charge in [-0.25, -0.2) is 0 Å². The molecule has 2 aromatic heterocycles. The summed E-state index contributed by atoms with van der Waals surface area (Å²) in [7, 11) is 1.74. The Morgan fingerprint density at radius 1 is 1.45 bits per heavy atom. The quantitative estimate of drug-likeness (QED) is 0.886. The fourth-order valence-electron chi connectivity index (χ4n) is 2.21. The standard InChI is InChI=1S/C14H20N4OS/c1-4-9-6-7-20-11(9)8-16-14(19)13-12(15)10(5-2)17-18(13)3/h6-7H,4-5,8,15H2,1-3H3,(H,16,19). The van der Waals surface area contributed by atoms with E-state index >= 15 is 0 Å². The predicted octanol–water partition coefficient (Wildman–Crippen LogP) is 2.12. The van der Waals surface area contributed by atoms with Crippen LogP contribution in [0.3, 0.4) is 0 Å². The van der Waals surface area contributed by atoms with E-state index in [9.17, 15) is 4.79 Å². The van der Waals surface area contributed by atoms with Crippen molar-refractivity contribution in [3.8, 4) is 0 Å². The van der Waals surface area contributed by atoms with Crippen LogP contribution in [0.25, 0.3) is 0 Å². The summed E-state index contributed by atoms with van der Waals surface area (Å²) in [6.45, 7) is 4.62. The number of anilines is 1. The summed E-state index contributed by atoms with van der Waals surface area (Å²) in [5.74, 6) is -0.173. The van der Waals surface area contributed by atoms with Crippen LogP contribution in [0.2, 0.25) is 0 Å². The Morgan fingerprint density at radius 2 is 2.20 bits per heavy atom. The van der Waals surface area contributed by atoms with Crippen LogP contribution in [-0.4, -0.2) is 15.7 Å². The average molecular weight is 292 g/mol. The van der Waals surface area contributed by atoms with E-state index in [0.717, 1.165) is 18.5 Å². The number of hydrogen-bond acceptors (Lipinski definition) is 4. The third kappa shape index (κ3) is 2.70. The first-order valence-corrected chi connectivity index (χ1v) is 7.61. The first kappa shape index (κ1) is 14.6. The Balaban J connectivity index is 2.11. The van der Waals surface area contributed by atoms with Crippen LogP contribution >= 0.6 is 11.3 Å². The minimum atomic E-state index is -0.173. The van der Waals surface area contributed by atoms with Crippen molar-refractivity contribution in [1.29, 1.82) is 0 Å². The number of aryl methyl sites for hydroxylation is 3. The Labute approximate surface area is 122 Å². The fourth-order valence-corrected chi connectivity index (χ4v) is 3.12. The molecule has 2 aromatic rings. The summed E-state index contributed by atoms with van der Waals surface area (Å²) in [6, 6.07) is 2.10. The lowest BCUT2D eigenvalue weighted by molar-refractivity contribution is 0.0943. The van der Waals surface area contributed by atoms with E-state index in [2.05, 4.69) is 23.4 Å². The highest BCUT2D eigenvalue weighted by atomic mass is 32.1. The summed E-state index contributed by atoms with van der Waals surface area (Å²) < 4.78 is 1.55. The minimum Gasteiger partial charge on any atom is -0.395 e. The summed E-state index contributed by atoms with van der Waals surface area (Å²) in [4.78, 5) is 13.5. The minimum absolute atomic E-state index is 0.173. The van der Waals surface area contributed by atoms with Gasteiger partial charge in [0.2, 0.25) is 0 Å². The van der Waals surface area contributed by atoms with Gasteiger partial charge in [-0.3, -0.25) is 9.48 Å². The lowest BCUT2D eigenvalue weighted by atomic mass is 10.2. The van der Waals surface area contributed by atoms with Crippen LogP contribution in [0.5, 0.6) is 0 Å². The van der Waals surface area contributed by atoms with Gasteiger partial charge in [0.15, 0.2) is 0 Å². The van der Waals surface area contributed by atoms with Gasteiger partial charge in [-0.15, -0.1) is 11.3 Å². The van der Waals surface area contributed by atoms with Gasteiger partial charge in [0.1, 0.15) is 5.69 Å². The molecule has 6 heteroatoms. The average Bonchev–Trinajstić information content (AvgIpc) is 3.00. The van der Waals surface area contributed by atoms with Crippen molar-refractivity contribution in [3.63, 3.8) is 0 Å². The third-order valence-corrected chi connectivity index (χ3v) is 4.30. The van der Waals surface area contributed by atoms with Crippen molar-refractivity contribution >= 4 is 22.9 Å². The number of carbonyl (C=O) groups is 1. The number of nitrogens with one attached hydrogen (secondary N) is 1. The van der Waals surface area contributed by atoms with Crippen LogP contribution in [0, 0.1) is 0 Å². The normalized spacial score (nSPS) is 10.8. The molecule has 0 saturated carbocycles. The van der Waals surface area contributed by atoms with Gasteiger partial charge in [0.05, 0.1) is 17.9 Å². The highest BCUT2D eigenvalue weighted by molar-refractivity contribution is 7.10. The lowest BCUT2D eigenvalue weighted by Gasteiger charge is -2.06. The second-order valence-electron chi connectivity index (χ2n) is 4.59. The van der Waals surface area contributed by atoms with Crippen LogP contribution in [-0.2, 0) is 26.4 Å². The van der Waals surface area contributed by atoms with Gasteiger partial charge in [-0.1, -0.05) is 13.8 Å². The smallest absolute Gasteiger partial charge is 0.271 e. The van der Waals surface area contributed by atoms with E-state index in [1.165, 1.54) is 10.4 Å². The molecule has 0 aliphatic carbocycles. The van der Waals surface area contributed by atoms with Crippen LogP contribution < -0.4 is 11.1 Å². The molecule has 2 heterocycles. The maximum absolute atomic E-state index is 12.3. The number of amides is 1. The fraction of sp³-hybridized carbons (Fsp3) is 0.429. The number of thiophene rings is 1. The van der Waals surface area contributed by atoms with Crippen molar-refractivity contribution in [2.75, 3.05) is 5.73 Å². The lowest BCUT2D eigenvalue weighted by Crippen LogP contribution is -2.26. The van der Waals surface area contributed by atoms with Crippen molar-refractivity contribution in [2.45, 2.75) is 33.2 Å². The van der Waals surface area contributed by atoms with E-state index < -0.39 is 0 Å². The second-order valence-corrected chi connectivity index (χ2v) is 5.59. The van der Waals surface area contributed by atoms with Crippen LogP contribution in [0.4, 0.5) is 5.69 Å². The topological polar surface area (TPSA) is 72.9 Å². The van der Waals surface area contributed by atoms with Crippen LogP contribution in [0.1, 0.15) is 40.5 Å². The van der Waals surface area contributed by atoms with E-state index in [0.29, 0.717) is 17.9 Å². The summed E-state index contributed by atoms with van der Waals surface area (Å²) in [5, 5.41) is 9.24. The molecule has 3 N–H and O–H groups in total. The predicted molar refractivity (Wildman–Crippen MR) is 81.9 cm³/mol. The van der Waals surface area contributed by atoms with E-state index in [-0.39, 0.29) is 5.91 Å². The number of nitrogens with zero attached hydrogens (tertiary/aromatic N) is 2. The number of carbonyl (C=O) groups excluding carboxylic acids is 1. The Morgan fingerprint density at radius 3 is 2.80 bits per heavy atom.